The van der Waals surface area contributed by atoms with Crippen LogP contribution in [-0.4, -0.2) is 43.7 Å². The second-order valence-corrected chi connectivity index (χ2v) is 10.5. The highest BCUT2D eigenvalue weighted by Gasteiger charge is 2.34. The van der Waals surface area contributed by atoms with Crippen molar-refractivity contribution in [1.29, 1.82) is 0 Å². The third-order valence-corrected chi connectivity index (χ3v) is 8.45. The summed E-state index contributed by atoms with van der Waals surface area (Å²) in [5, 5.41) is 2.79. The predicted octanol–water partition coefficient (Wildman–Crippen LogP) is 4.11. The first-order chi connectivity index (χ1) is 12.8. The van der Waals surface area contributed by atoms with E-state index in [4.69, 9.17) is 23.2 Å². The molecule has 1 aliphatic rings. The fourth-order valence-electron chi connectivity index (χ4n) is 3.19. The number of carbonyl (C=O) groups excluding carboxylic acids is 1. The third kappa shape index (κ3) is 4.66. The molecule has 1 unspecified atom stereocenters. The van der Waals surface area contributed by atoms with Crippen LogP contribution in [0.3, 0.4) is 0 Å². The van der Waals surface area contributed by atoms with Crippen LogP contribution >= 0.6 is 34.5 Å². The fourth-order valence-corrected chi connectivity index (χ4v) is 6.33. The molecule has 5 nitrogen and oxygen atoms in total. The van der Waals surface area contributed by atoms with E-state index in [1.54, 1.807) is 47.7 Å². The van der Waals surface area contributed by atoms with E-state index in [1.807, 2.05) is 0 Å². The van der Waals surface area contributed by atoms with Gasteiger partial charge in [0.15, 0.2) is 0 Å². The second-order valence-electron chi connectivity index (χ2n) is 6.56. The molecule has 1 atom stereocenters. The highest BCUT2D eigenvalue weighted by Crippen LogP contribution is 2.28. The molecule has 0 N–H and O–H groups in total. The molecule has 1 aromatic heterocycles. The minimum absolute atomic E-state index is 0.0768. The summed E-state index contributed by atoms with van der Waals surface area (Å²) < 4.78 is 27.2. The van der Waals surface area contributed by atoms with E-state index in [0.29, 0.717) is 40.2 Å². The van der Waals surface area contributed by atoms with Gasteiger partial charge in [0.25, 0.3) is 10.0 Å². The topological polar surface area (TPSA) is 57.7 Å². The number of halogens is 2. The van der Waals surface area contributed by atoms with E-state index in [2.05, 4.69) is 0 Å². The molecule has 1 fully saturated rings. The molecule has 0 saturated carbocycles. The van der Waals surface area contributed by atoms with Gasteiger partial charge in [-0.05, 0) is 42.0 Å². The zero-order valence-electron chi connectivity index (χ0n) is 14.8. The highest BCUT2D eigenvalue weighted by atomic mass is 35.5. The molecule has 146 valence electrons. The zero-order valence-corrected chi connectivity index (χ0v) is 17.9. The molecule has 0 aliphatic carbocycles. The molecule has 0 radical (unpaired) electrons. The van der Waals surface area contributed by atoms with Gasteiger partial charge in [-0.2, -0.15) is 4.31 Å². The lowest BCUT2D eigenvalue weighted by molar-refractivity contribution is -0.135. The van der Waals surface area contributed by atoms with Crippen LogP contribution in [0, 0.1) is 5.92 Å². The molecule has 1 amide bonds. The van der Waals surface area contributed by atoms with Gasteiger partial charge in [0, 0.05) is 36.7 Å². The van der Waals surface area contributed by atoms with Crippen molar-refractivity contribution in [2.45, 2.75) is 23.6 Å². The maximum atomic E-state index is 12.9. The van der Waals surface area contributed by atoms with Gasteiger partial charge in [-0.25, -0.2) is 8.42 Å². The fraction of sp³-hybridized carbons (Fsp3) is 0.389. The quantitative estimate of drug-likeness (QED) is 0.693. The Kier molecular flexibility index (Phi) is 6.48. The van der Waals surface area contributed by atoms with Gasteiger partial charge in [-0.15, -0.1) is 11.3 Å². The van der Waals surface area contributed by atoms with Crippen LogP contribution in [0.4, 0.5) is 0 Å². The van der Waals surface area contributed by atoms with E-state index in [-0.39, 0.29) is 18.4 Å². The second kappa shape index (κ2) is 8.49. The lowest BCUT2D eigenvalue weighted by Gasteiger charge is -2.33. The summed E-state index contributed by atoms with van der Waals surface area (Å²) in [6.45, 7) is 0.998. The number of benzene rings is 1. The number of rotatable bonds is 5. The standard InChI is InChI=1S/C18H20Cl2N2O3S2/c1-21(11-13-6-7-15(19)10-16(13)20)18(23)14-4-2-8-22(12-14)27(24,25)17-5-3-9-26-17/h3,5-7,9-10,14H,2,4,8,11-12H2,1H3. The number of hydrogen-bond donors (Lipinski definition) is 0. The molecule has 2 heterocycles. The lowest BCUT2D eigenvalue weighted by atomic mass is 9.98. The van der Waals surface area contributed by atoms with Crippen molar-refractivity contribution in [3.63, 3.8) is 0 Å². The van der Waals surface area contributed by atoms with Crippen LogP contribution in [0.1, 0.15) is 18.4 Å². The molecule has 9 heteroatoms. The molecule has 3 rings (SSSR count). The van der Waals surface area contributed by atoms with Crippen LogP contribution in [-0.2, 0) is 21.4 Å². The maximum Gasteiger partial charge on any atom is 0.252 e. The summed E-state index contributed by atoms with van der Waals surface area (Å²) in [6.07, 6.45) is 1.34. The Hall–Kier alpha value is -1.12. The van der Waals surface area contributed by atoms with Crippen LogP contribution in [0.5, 0.6) is 0 Å². The van der Waals surface area contributed by atoms with Gasteiger partial charge in [0.2, 0.25) is 5.91 Å². The molecule has 27 heavy (non-hydrogen) atoms. The number of sulfonamides is 1. The van der Waals surface area contributed by atoms with Crippen LogP contribution < -0.4 is 0 Å². The largest absolute Gasteiger partial charge is 0.341 e. The number of carbonyl (C=O) groups is 1. The van der Waals surface area contributed by atoms with Crippen molar-refractivity contribution in [1.82, 2.24) is 9.21 Å². The lowest BCUT2D eigenvalue weighted by Crippen LogP contribution is -2.45. The third-order valence-electron chi connectivity index (χ3n) is 4.62. The van der Waals surface area contributed by atoms with E-state index >= 15 is 0 Å². The molecule has 0 spiro atoms. The van der Waals surface area contributed by atoms with Crippen molar-refractivity contribution < 1.29 is 13.2 Å². The van der Waals surface area contributed by atoms with Crippen molar-refractivity contribution in [3.05, 3.63) is 51.3 Å². The predicted molar refractivity (Wildman–Crippen MR) is 109 cm³/mol. The average Bonchev–Trinajstić information content (AvgIpc) is 3.19. The van der Waals surface area contributed by atoms with E-state index in [1.165, 1.54) is 15.6 Å². The first-order valence-corrected chi connectivity index (χ1v) is 11.6. The number of amides is 1. The minimum atomic E-state index is -3.54. The highest BCUT2D eigenvalue weighted by molar-refractivity contribution is 7.91. The first-order valence-electron chi connectivity index (χ1n) is 8.51. The van der Waals surface area contributed by atoms with Gasteiger partial charge in [0.1, 0.15) is 4.21 Å². The molecule has 1 aromatic carbocycles. The Bertz CT molecular complexity index is 917. The van der Waals surface area contributed by atoms with E-state index in [9.17, 15) is 13.2 Å². The number of thiophene rings is 1. The minimum Gasteiger partial charge on any atom is -0.341 e. The monoisotopic (exact) mass is 446 g/mol. The molecule has 2 aromatic rings. The van der Waals surface area contributed by atoms with Gasteiger partial charge < -0.3 is 4.90 Å². The summed E-state index contributed by atoms with van der Waals surface area (Å²) in [6, 6.07) is 8.49. The van der Waals surface area contributed by atoms with Crippen LogP contribution in [0.15, 0.2) is 39.9 Å². The van der Waals surface area contributed by atoms with Gasteiger partial charge in [0.05, 0.1) is 5.92 Å². The molecule has 1 saturated heterocycles. The smallest absolute Gasteiger partial charge is 0.252 e. The summed E-state index contributed by atoms with van der Waals surface area (Å²) in [4.78, 5) is 14.5. The number of hydrogen-bond acceptors (Lipinski definition) is 4. The van der Waals surface area contributed by atoms with Crippen molar-refractivity contribution in [2.75, 3.05) is 20.1 Å². The Labute approximate surface area is 173 Å². The molecule has 0 bridgehead atoms. The van der Waals surface area contributed by atoms with Crippen LogP contribution in [0.25, 0.3) is 0 Å². The Morgan fingerprint density at radius 1 is 1.33 bits per heavy atom. The number of piperidine rings is 1. The Balaban J connectivity index is 1.69. The van der Waals surface area contributed by atoms with Gasteiger partial charge in [-0.1, -0.05) is 35.3 Å². The summed E-state index contributed by atoms with van der Waals surface area (Å²) in [7, 11) is -1.83. The normalized spacial score (nSPS) is 18.4. The average molecular weight is 447 g/mol. The Morgan fingerprint density at radius 2 is 2.11 bits per heavy atom. The summed E-state index contributed by atoms with van der Waals surface area (Å²) in [5.41, 5.74) is 0.802. The maximum absolute atomic E-state index is 12.9. The molecular weight excluding hydrogens is 427 g/mol. The van der Waals surface area contributed by atoms with Crippen molar-refractivity contribution in [3.8, 4) is 0 Å². The van der Waals surface area contributed by atoms with Crippen molar-refractivity contribution in [2.24, 2.45) is 5.92 Å². The number of nitrogens with zero attached hydrogens (tertiary/aromatic N) is 2. The SMILES string of the molecule is CN(Cc1ccc(Cl)cc1Cl)C(=O)C1CCCN(S(=O)(=O)c2cccs2)C1. The van der Waals surface area contributed by atoms with Crippen LogP contribution in [0.2, 0.25) is 10.0 Å². The Morgan fingerprint density at radius 3 is 2.78 bits per heavy atom. The van der Waals surface area contributed by atoms with E-state index in [0.717, 1.165) is 5.56 Å². The van der Waals surface area contributed by atoms with Gasteiger partial charge >= 0.3 is 0 Å². The summed E-state index contributed by atoms with van der Waals surface area (Å²) >= 11 is 13.3. The molecular formula is C18H20Cl2N2O3S2. The first kappa shape index (κ1) is 20.6. The van der Waals surface area contributed by atoms with E-state index < -0.39 is 10.0 Å². The molecule has 1 aliphatic heterocycles. The zero-order chi connectivity index (χ0) is 19.6. The van der Waals surface area contributed by atoms with Crippen molar-refractivity contribution >= 4 is 50.5 Å². The van der Waals surface area contributed by atoms with Gasteiger partial charge in [-0.3, -0.25) is 4.79 Å². The summed E-state index contributed by atoms with van der Waals surface area (Å²) in [5.74, 6) is -0.434.